The molecule has 0 aromatic carbocycles. The normalized spacial score (nSPS) is 12.9. The number of nitrogens with two attached hydrogens (primary N) is 1. The maximum absolute atomic E-state index is 5.42. The number of thiol groups is 1. The molecule has 0 bridgehead atoms. The summed E-state index contributed by atoms with van der Waals surface area (Å²) in [7, 11) is 0. The van der Waals surface area contributed by atoms with E-state index in [4.69, 9.17) is 5.73 Å². The lowest BCUT2D eigenvalue weighted by Crippen LogP contribution is -2.16. The molecular weight excluding hydrogens is 156 g/mol. The second-order valence-corrected chi connectivity index (χ2v) is 3.19. The molecule has 1 atom stereocenters. The molecule has 1 aromatic rings. The minimum Gasteiger partial charge on any atom is -0.329 e. The molecular formula is C8H12N2S. The maximum atomic E-state index is 5.42. The predicted octanol–water partition coefficient (Wildman–Crippen LogP) is 0.881. The fraction of sp³-hybridized carbons (Fsp3) is 0.375. The molecule has 3 heteroatoms. The molecule has 60 valence electrons. The quantitative estimate of drug-likeness (QED) is 0.658. The molecule has 0 saturated heterocycles. The highest BCUT2D eigenvalue weighted by Gasteiger charge is 2.00. The Morgan fingerprint density at radius 3 is 3.00 bits per heavy atom. The van der Waals surface area contributed by atoms with E-state index in [0.717, 1.165) is 6.42 Å². The lowest BCUT2D eigenvalue weighted by atomic mass is 10.1. The molecule has 2 nitrogen and oxygen atoms in total. The summed E-state index contributed by atoms with van der Waals surface area (Å²) in [5.41, 5.74) is 6.62. The van der Waals surface area contributed by atoms with Crippen LogP contribution in [0.3, 0.4) is 0 Å². The highest BCUT2D eigenvalue weighted by atomic mass is 32.1. The van der Waals surface area contributed by atoms with Gasteiger partial charge in [0.2, 0.25) is 0 Å². The number of nitrogens with zero attached hydrogens (tertiary/aromatic N) is 1. The third-order valence-corrected chi connectivity index (χ3v) is 1.86. The third-order valence-electron chi connectivity index (χ3n) is 1.47. The molecule has 0 fully saturated rings. The summed E-state index contributed by atoms with van der Waals surface area (Å²) in [6, 6.07) is 3.96. The molecule has 2 N–H and O–H groups in total. The van der Waals surface area contributed by atoms with Gasteiger partial charge in [-0.05, 0) is 18.1 Å². The van der Waals surface area contributed by atoms with Gasteiger partial charge in [0.1, 0.15) is 0 Å². The zero-order chi connectivity index (χ0) is 8.10. The topological polar surface area (TPSA) is 38.9 Å². The van der Waals surface area contributed by atoms with Crippen LogP contribution in [0.5, 0.6) is 0 Å². The number of aromatic nitrogens is 1. The van der Waals surface area contributed by atoms with E-state index in [9.17, 15) is 0 Å². The Morgan fingerprint density at radius 2 is 2.45 bits per heavy atom. The van der Waals surface area contributed by atoms with Gasteiger partial charge in [0.05, 0.1) is 0 Å². The van der Waals surface area contributed by atoms with E-state index in [1.54, 1.807) is 6.20 Å². The van der Waals surface area contributed by atoms with Crippen LogP contribution in [-0.4, -0.2) is 16.8 Å². The van der Waals surface area contributed by atoms with Crippen molar-refractivity contribution in [1.82, 2.24) is 4.98 Å². The van der Waals surface area contributed by atoms with E-state index in [2.05, 4.69) is 17.6 Å². The first-order chi connectivity index (χ1) is 5.33. The number of hydrogen-bond acceptors (Lipinski definition) is 3. The summed E-state index contributed by atoms with van der Waals surface area (Å²) in [5, 5.41) is 0.249. The fourth-order valence-electron chi connectivity index (χ4n) is 0.874. The lowest BCUT2D eigenvalue weighted by Gasteiger charge is -2.05. The van der Waals surface area contributed by atoms with Crippen molar-refractivity contribution < 1.29 is 0 Å². The van der Waals surface area contributed by atoms with Gasteiger partial charge in [-0.2, -0.15) is 12.6 Å². The Labute approximate surface area is 72.2 Å². The molecule has 1 rings (SSSR count). The smallest absolute Gasteiger partial charge is 0.0300 e. The molecule has 0 radical (unpaired) electrons. The summed E-state index contributed by atoms with van der Waals surface area (Å²) in [4.78, 5) is 4.00. The predicted molar refractivity (Wildman–Crippen MR) is 49.8 cm³/mol. The van der Waals surface area contributed by atoms with Crippen molar-refractivity contribution in [2.24, 2.45) is 5.73 Å². The van der Waals surface area contributed by atoms with Crippen molar-refractivity contribution in [3.05, 3.63) is 30.1 Å². The first kappa shape index (κ1) is 8.56. The summed E-state index contributed by atoms with van der Waals surface area (Å²) >= 11 is 4.29. The van der Waals surface area contributed by atoms with Gasteiger partial charge in [0.25, 0.3) is 0 Å². The molecule has 0 aliphatic heterocycles. The number of rotatable bonds is 3. The van der Waals surface area contributed by atoms with Crippen LogP contribution in [0.4, 0.5) is 0 Å². The van der Waals surface area contributed by atoms with E-state index < -0.39 is 0 Å². The van der Waals surface area contributed by atoms with Crippen LogP contribution < -0.4 is 5.73 Å². The van der Waals surface area contributed by atoms with Crippen LogP contribution in [-0.2, 0) is 6.42 Å². The van der Waals surface area contributed by atoms with Gasteiger partial charge < -0.3 is 5.73 Å². The SMILES string of the molecule is NCC(S)Cc1cccnc1. The maximum Gasteiger partial charge on any atom is 0.0300 e. The zero-order valence-electron chi connectivity index (χ0n) is 6.27. The Hall–Kier alpha value is -0.540. The van der Waals surface area contributed by atoms with Crippen molar-refractivity contribution in [2.75, 3.05) is 6.54 Å². The molecule has 0 saturated carbocycles. The Bertz CT molecular complexity index is 201. The van der Waals surface area contributed by atoms with Crippen molar-refractivity contribution in [2.45, 2.75) is 11.7 Å². The first-order valence-corrected chi connectivity index (χ1v) is 4.11. The highest BCUT2D eigenvalue weighted by Crippen LogP contribution is 2.04. The van der Waals surface area contributed by atoms with Crippen LogP contribution in [0, 0.1) is 0 Å². The molecule has 0 aliphatic rings. The summed E-state index contributed by atoms with van der Waals surface area (Å²) in [5.74, 6) is 0. The molecule has 0 aliphatic carbocycles. The van der Waals surface area contributed by atoms with Crippen molar-refractivity contribution >= 4 is 12.6 Å². The summed E-state index contributed by atoms with van der Waals surface area (Å²) < 4.78 is 0. The Kier molecular flexibility index (Phi) is 3.39. The lowest BCUT2D eigenvalue weighted by molar-refractivity contribution is 0.855. The molecule has 0 amide bonds. The van der Waals surface area contributed by atoms with Gasteiger partial charge in [-0.3, -0.25) is 4.98 Å². The first-order valence-electron chi connectivity index (χ1n) is 3.60. The van der Waals surface area contributed by atoms with Crippen LogP contribution >= 0.6 is 12.6 Å². The van der Waals surface area contributed by atoms with Gasteiger partial charge in [-0.1, -0.05) is 6.07 Å². The summed E-state index contributed by atoms with van der Waals surface area (Å²) in [6.07, 6.45) is 4.51. The van der Waals surface area contributed by atoms with Gasteiger partial charge in [-0.25, -0.2) is 0 Å². The van der Waals surface area contributed by atoms with Gasteiger partial charge >= 0.3 is 0 Å². The van der Waals surface area contributed by atoms with Gasteiger partial charge in [0, 0.05) is 24.2 Å². The zero-order valence-corrected chi connectivity index (χ0v) is 7.17. The van der Waals surface area contributed by atoms with Gasteiger partial charge in [0.15, 0.2) is 0 Å². The highest BCUT2D eigenvalue weighted by molar-refractivity contribution is 7.81. The number of hydrogen-bond donors (Lipinski definition) is 2. The Balaban J connectivity index is 2.51. The largest absolute Gasteiger partial charge is 0.329 e. The molecule has 1 unspecified atom stereocenters. The van der Waals surface area contributed by atoms with E-state index >= 15 is 0 Å². The molecule has 0 spiro atoms. The van der Waals surface area contributed by atoms with E-state index in [1.165, 1.54) is 5.56 Å². The van der Waals surface area contributed by atoms with Gasteiger partial charge in [-0.15, -0.1) is 0 Å². The molecule has 1 aromatic heterocycles. The van der Waals surface area contributed by atoms with Crippen LogP contribution in [0.1, 0.15) is 5.56 Å². The Morgan fingerprint density at radius 1 is 1.64 bits per heavy atom. The third kappa shape index (κ3) is 2.91. The molecule has 1 heterocycles. The van der Waals surface area contributed by atoms with Crippen molar-refractivity contribution in [3.63, 3.8) is 0 Å². The van der Waals surface area contributed by atoms with Crippen molar-refractivity contribution in [1.29, 1.82) is 0 Å². The van der Waals surface area contributed by atoms with Crippen molar-refractivity contribution in [3.8, 4) is 0 Å². The summed E-state index contributed by atoms with van der Waals surface area (Å²) in [6.45, 7) is 0.609. The minimum atomic E-state index is 0.249. The van der Waals surface area contributed by atoms with Crippen LogP contribution in [0.15, 0.2) is 24.5 Å². The van der Waals surface area contributed by atoms with Crippen LogP contribution in [0.25, 0.3) is 0 Å². The van der Waals surface area contributed by atoms with Crippen LogP contribution in [0.2, 0.25) is 0 Å². The average molecular weight is 168 g/mol. The molecule has 11 heavy (non-hydrogen) atoms. The standard InChI is InChI=1S/C8H12N2S/c9-5-8(11)4-7-2-1-3-10-6-7/h1-3,6,8,11H,4-5,9H2. The average Bonchev–Trinajstić information content (AvgIpc) is 2.06. The fourth-order valence-corrected chi connectivity index (χ4v) is 1.09. The minimum absolute atomic E-state index is 0.249. The number of pyridine rings is 1. The van der Waals surface area contributed by atoms with E-state index in [0.29, 0.717) is 6.54 Å². The monoisotopic (exact) mass is 168 g/mol. The van der Waals surface area contributed by atoms with E-state index in [1.807, 2.05) is 18.3 Å². The second-order valence-electron chi connectivity index (χ2n) is 2.45. The van der Waals surface area contributed by atoms with E-state index in [-0.39, 0.29) is 5.25 Å². The second kappa shape index (κ2) is 4.36.